The topological polar surface area (TPSA) is 95.1 Å². The normalized spacial score (nSPS) is 10.8. The molecule has 0 aliphatic carbocycles. The Balaban J connectivity index is 2.04. The molecule has 0 saturated carbocycles. The zero-order valence-electron chi connectivity index (χ0n) is 8.90. The van der Waals surface area contributed by atoms with E-state index in [9.17, 15) is 9.59 Å². The number of H-pyrrole nitrogens is 1. The molecular formula is C10H11N3O3S. The standard InChI is InChI=1S/C10H11N3O3S/c14-8(15)1-3-11-5-7-12-6-2-4-17-9(6)10(16)13-7/h2,4,11H,1,3,5H2,(H,14,15)(H,12,13,16). The quantitative estimate of drug-likeness (QED) is 0.676. The number of aromatic nitrogens is 2. The first-order valence-electron chi connectivity index (χ1n) is 5.06. The van der Waals surface area contributed by atoms with E-state index in [2.05, 4.69) is 15.3 Å². The smallest absolute Gasteiger partial charge is 0.304 e. The molecule has 3 N–H and O–H groups in total. The van der Waals surface area contributed by atoms with Gasteiger partial charge in [-0.2, -0.15) is 0 Å². The van der Waals surface area contributed by atoms with Crippen molar-refractivity contribution in [2.45, 2.75) is 13.0 Å². The molecule has 6 nitrogen and oxygen atoms in total. The summed E-state index contributed by atoms with van der Waals surface area (Å²) >= 11 is 1.35. The van der Waals surface area contributed by atoms with Crippen LogP contribution in [0.5, 0.6) is 0 Å². The highest BCUT2D eigenvalue weighted by atomic mass is 32.1. The van der Waals surface area contributed by atoms with Gasteiger partial charge in [0.1, 0.15) is 10.5 Å². The van der Waals surface area contributed by atoms with Gasteiger partial charge in [-0.25, -0.2) is 4.98 Å². The van der Waals surface area contributed by atoms with E-state index in [0.29, 0.717) is 29.1 Å². The van der Waals surface area contributed by atoms with E-state index in [-0.39, 0.29) is 12.0 Å². The summed E-state index contributed by atoms with van der Waals surface area (Å²) in [5, 5.41) is 13.2. The van der Waals surface area contributed by atoms with Crippen LogP contribution >= 0.6 is 11.3 Å². The Kier molecular flexibility index (Phi) is 3.50. The van der Waals surface area contributed by atoms with Gasteiger partial charge in [0.05, 0.1) is 18.5 Å². The van der Waals surface area contributed by atoms with Crippen molar-refractivity contribution < 1.29 is 9.90 Å². The summed E-state index contributed by atoms with van der Waals surface area (Å²) in [6.07, 6.45) is 0.0466. The van der Waals surface area contributed by atoms with Gasteiger partial charge in [0.15, 0.2) is 0 Å². The number of carboxylic acids is 1. The molecule has 0 amide bonds. The summed E-state index contributed by atoms with van der Waals surface area (Å²) in [4.78, 5) is 28.8. The molecule has 17 heavy (non-hydrogen) atoms. The van der Waals surface area contributed by atoms with E-state index in [4.69, 9.17) is 5.11 Å². The van der Waals surface area contributed by atoms with Crippen LogP contribution in [-0.4, -0.2) is 27.6 Å². The van der Waals surface area contributed by atoms with E-state index < -0.39 is 5.97 Å². The molecule has 2 aromatic rings. The minimum absolute atomic E-state index is 0.0466. The van der Waals surface area contributed by atoms with E-state index in [1.807, 2.05) is 5.38 Å². The fourth-order valence-corrected chi connectivity index (χ4v) is 2.13. The van der Waals surface area contributed by atoms with Gasteiger partial charge >= 0.3 is 5.97 Å². The van der Waals surface area contributed by atoms with Crippen molar-refractivity contribution in [1.29, 1.82) is 0 Å². The fraction of sp³-hybridized carbons (Fsp3) is 0.300. The number of nitrogens with zero attached hydrogens (tertiary/aromatic N) is 1. The average Bonchev–Trinajstić information content (AvgIpc) is 2.72. The molecule has 0 spiro atoms. The Labute approximate surface area is 100 Å². The van der Waals surface area contributed by atoms with Crippen molar-refractivity contribution in [1.82, 2.24) is 15.3 Å². The highest BCUT2D eigenvalue weighted by Crippen LogP contribution is 2.13. The SMILES string of the molecule is O=C(O)CCNCc1nc2ccsc2c(=O)[nH]1. The second kappa shape index (κ2) is 5.07. The zero-order chi connectivity index (χ0) is 12.3. The first-order valence-corrected chi connectivity index (χ1v) is 5.93. The first-order chi connectivity index (χ1) is 8.16. The maximum Gasteiger partial charge on any atom is 0.304 e. The van der Waals surface area contributed by atoms with Crippen LogP contribution in [0.3, 0.4) is 0 Å². The number of thiophene rings is 1. The zero-order valence-corrected chi connectivity index (χ0v) is 9.71. The molecule has 0 aromatic carbocycles. The summed E-state index contributed by atoms with van der Waals surface area (Å²) in [6, 6.07) is 1.79. The predicted octanol–water partition coefficient (Wildman–Crippen LogP) is 0.549. The lowest BCUT2D eigenvalue weighted by atomic mass is 10.4. The van der Waals surface area contributed by atoms with Crippen LogP contribution in [0.2, 0.25) is 0 Å². The average molecular weight is 253 g/mol. The minimum atomic E-state index is -0.854. The number of carbonyl (C=O) groups is 1. The molecule has 90 valence electrons. The van der Waals surface area contributed by atoms with Crippen LogP contribution < -0.4 is 10.9 Å². The van der Waals surface area contributed by atoms with Gasteiger partial charge in [0.25, 0.3) is 5.56 Å². The van der Waals surface area contributed by atoms with Crippen molar-refractivity contribution in [2.75, 3.05) is 6.54 Å². The lowest BCUT2D eigenvalue weighted by Crippen LogP contribution is -2.21. The lowest BCUT2D eigenvalue weighted by molar-refractivity contribution is -0.136. The third-order valence-electron chi connectivity index (χ3n) is 2.17. The van der Waals surface area contributed by atoms with E-state index in [0.717, 1.165) is 0 Å². The van der Waals surface area contributed by atoms with Crippen LogP contribution in [0.25, 0.3) is 10.2 Å². The molecule has 2 aromatic heterocycles. The van der Waals surface area contributed by atoms with Crippen molar-refractivity contribution >= 4 is 27.5 Å². The Bertz CT molecular complexity index is 590. The number of aliphatic carboxylic acids is 1. The van der Waals surface area contributed by atoms with E-state index >= 15 is 0 Å². The van der Waals surface area contributed by atoms with Crippen LogP contribution in [0.1, 0.15) is 12.2 Å². The number of hydrogen-bond donors (Lipinski definition) is 3. The number of aromatic amines is 1. The molecule has 2 rings (SSSR count). The number of carboxylic acid groups (broad SMARTS) is 1. The van der Waals surface area contributed by atoms with Crippen LogP contribution in [0.15, 0.2) is 16.2 Å². The maximum absolute atomic E-state index is 11.6. The summed E-state index contributed by atoms with van der Waals surface area (Å²) in [7, 11) is 0. The van der Waals surface area contributed by atoms with Gasteiger partial charge in [-0.1, -0.05) is 0 Å². The van der Waals surface area contributed by atoms with Crippen molar-refractivity contribution in [3.05, 3.63) is 27.6 Å². The number of fused-ring (bicyclic) bond motifs is 1. The van der Waals surface area contributed by atoms with Gasteiger partial charge in [-0.05, 0) is 11.4 Å². The molecule has 0 fully saturated rings. The second-order valence-electron chi connectivity index (χ2n) is 3.47. The van der Waals surface area contributed by atoms with E-state index in [1.54, 1.807) is 6.07 Å². The Morgan fingerprint density at radius 2 is 2.41 bits per heavy atom. The number of nitrogens with one attached hydrogen (secondary N) is 2. The van der Waals surface area contributed by atoms with Crippen LogP contribution in [0, 0.1) is 0 Å². The largest absolute Gasteiger partial charge is 0.481 e. The third kappa shape index (κ3) is 2.89. The summed E-state index contributed by atoms with van der Waals surface area (Å²) < 4.78 is 0.610. The number of rotatable bonds is 5. The Hall–Kier alpha value is -1.73. The van der Waals surface area contributed by atoms with Gasteiger partial charge in [0, 0.05) is 6.54 Å². The van der Waals surface area contributed by atoms with Crippen molar-refractivity contribution in [3.63, 3.8) is 0 Å². The molecule has 0 atom stereocenters. The molecule has 0 unspecified atom stereocenters. The van der Waals surface area contributed by atoms with Gasteiger partial charge < -0.3 is 15.4 Å². The predicted molar refractivity (Wildman–Crippen MR) is 64.2 cm³/mol. The molecule has 0 aliphatic rings. The minimum Gasteiger partial charge on any atom is -0.481 e. The Morgan fingerprint density at radius 3 is 3.18 bits per heavy atom. The summed E-state index contributed by atoms with van der Waals surface area (Å²) in [6.45, 7) is 0.703. The molecule has 0 aliphatic heterocycles. The Morgan fingerprint density at radius 1 is 1.59 bits per heavy atom. The molecular weight excluding hydrogens is 242 g/mol. The highest BCUT2D eigenvalue weighted by Gasteiger charge is 2.04. The van der Waals surface area contributed by atoms with Crippen LogP contribution in [0.4, 0.5) is 0 Å². The van der Waals surface area contributed by atoms with Crippen LogP contribution in [-0.2, 0) is 11.3 Å². The molecule has 0 bridgehead atoms. The van der Waals surface area contributed by atoms with Gasteiger partial charge in [-0.3, -0.25) is 9.59 Å². The lowest BCUT2D eigenvalue weighted by Gasteiger charge is -2.02. The molecule has 0 radical (unpaired) electrons. The molecule has 0 saturated heterocycles. The van der Waals surface area contributed by atoms with Crippen molar-refractivity contribution in [2.24, 2.45) is 0 Å². The number of hydrogen-bond acceptors (Lipinski definition) is 5. The first kappa shape index (κ1) is 11.7. The van der Waals surface area contributed by atoms with Gasteiger partial charge in [-0.15, -0.1) is 11.3 Å². The fourth-order valence-electron chi connectivity index (χ4n) is 1.41. The highest BCUT2D eigenvalue weighted by molar-refractivity contribution is 7.17. The van der Waals surface area contributed by atoms with Crippen molar-refractivity contribution in [3.8, 4) is 0 Å². The maximum atomic E-state index is 11.6. The van der Waals surface area contributed by atoms with E-state index in [1.165, 1.54) is 11.3 Å². The summed E-state index contributed by atoms with van der Waals surface area (Å²) in [5.41, 5.74) is 0.522. The molecule has 7 heteroatoms. The second-order valence-corrected chi connectivity index (χ2v) is 4.38. The monoisotopic (exact) mass is 253 g/mol. The van der Waals surface area contributed by atoms with Gasteiger partial charge in [0.2, 0.25) is 0 Å². The third-order valence-corrected chi connectivity index (χ3v) is 3.07. The molecule has 2 heterocycles. The summed E-state index contributed by atoms with van der Waals surface area (Å²) in [5.74, 6) is -0.335.